The Bertz CT molecular complexity index is 256. The average molecular weight is 194 g/mol. The van der Waals surface area contributed by atoms with Crippen LogP contribution in [0.4, 0.5) is 0 Å². The molecule has 1 aliphatic heterocycles. The minimum atomic E-state index is -0.304. The lowest BCUT2D eigenvalue weighted by Crippen LogP contribution is -2.58. The first kappa shape index (κ1) is 11.5. The van der Waals surface area contributed by atoms with Crippen molar-refractivity contribution >= 4 is 6.92 Å². The zero-order valence-corrected chi connectivity index (χ0v) is 9.59. The molecule has 0 bridgehead atoms. The molecule has 1 heterocycles. The molecule has 0 N–H and O–H groups in total. The highest BCUT2D eigenvalue weighted by Crippen LogP contribution is 2.34. The lowest BCUT2D eigenvalue weighted by molar-refractivity contribution is -0.152. The molecule has 0 aliphatic carbocycles. The average Bonchev–Trinajstić information content (AvgIpc) is 2.08. The van der Waals surface area contributed by atoms with Gasteiger partial charge in [-0.05, 0) is 27.7 Å². The summed E-state index contributed by atoms with van der Waals surface area (Å²) in [5.41, 5.74) is 0.320. The Kier molecular flexibility index (Phi) is 2.93. The van der Waals surface area contributed by atoms with Gasteiger partial charge in [-0.25, -0.2) is 0 Å². The van der Waals surface area contributed by atoms with E-state index in [1.165, 1.54) is 0 Å². The molecule has 0 spiro atoms. The third-order valence-electron chi connectivity index (χ3n) is 3.16. The molecule has 0 amide bonds. The van der Waals surface area contributed by atoms with Gasteiger partial charge in [-0.3, -0.25) is 0 Å². The van der Waals surface area contributed by atoms with Gasteiger partial charge in [-0.1, -0.05) is 18.1 Å². The van der Waals surface area contributed by atoms with Crippen molar-refractivity contribution in [1.29, 1.82) is 0 Å². The van der Waals surface area contributed by atoms with Gasteiger partial charge in [0.15, 0.2) is 0 Å². The molecule has 0 saturated carbocycles. The van der Waals surface area contributed by atoms with E-state index in [9.17, 15) is 0 Å². The van der Waals surface area contributed by atoms with Crippen molar-refractivity contribution in [3.8, 4) is 0 Å². The molecule has 1 fully saturated rings. The molecule has 78 valence electrons. The maximum atomic E-state index is 5.95. The predicted molar refractivity (Wildman–Crippen MR) is 60.3 cm³/mol. The van der Waals surface area contributed by atoms with Gasteiger partial charge in [0.2, 0.25) is 0 Å². The Morgan fingerprint density at radius 2 is 1.86 bits per heavy atom. The van der Waals surface area contributed by atoms with Crippen molar-refractivity contribution in [1.82, 2.24) is 0 Å². The molecule has 0 atom stereocenters. The number of hydrogen-bond donors (Lipinski definition) is 0. The van der Waals surface area contributed by atoms with Gasteiger partial charge in [-0.15, -0.1) is 6.58 Å². The van der Waals surface area contributed by atoms with Crippen molar-refractivity contribution in [3.05, 3.63) is 24.7 Å². The summed E-state index contributed by atoms with van der Waals surface area (Å²) in [5, 5.41) is 0. The monoisotopic (exact) mass is 194 g/mol. The Morgan fingerprint density at radius 1 is 1.29 bits per heavy atom. The molecule has 2 nitrogen and oxygen atoms in total. The van der Waals surface area contributed by atoms with Gasteiger partial charge in [0.1, 0.15) is 0 Å². The number of rotatable bonds is 2. The first-order chi connectivity index (χ1) is 6.30. The first-order valence-electron chi connectivity index (χ1n) is 4.93. The van der Waals surface area contributed by atoms with Crippen LogP contribution in [0, 0.1) is 0 Å². The van der Waals surface area contributed by atoms with E-state index in [0.717, 1.165) is 5.47 Å². The third kappa shape index (κ3) is 1.94. The van der Waals surface area contributed by atoms with E-state index < -0.39 is 0 Å². The van der Waals surface area contributed by atoms with Gasteiger partial charge in [0, 0.05) is 0 Å². The van der Waals surface area contributed by atoms with Crippen molar-refractivity contribution < 1.29 is 9.39 Å². The Balaban J connectivity index is 2.77. The molecule has 1 aliphatic rings. The van der Waals surface area contributed by atoms with Crippen LogP contribution in [-0.4, -0.2) is 24.6 Å². The summed E-state index contributed by atoms with van der Waals surface area (Å²) >= 11 is 0. The van der Waals surface area contributed by atoms with E-state index in [0.29, 0.717) is 6.51 Å². The van der Waals surface area contributed by atoms with Crippen LogP contribution in [-0.2, 0) is 9.39 Å². The van der Waals surface area contributed by atoms with Gasteiger partial charge < -0.3 is 9.39 Å². The van der Waals surface area contributed by atoms with E-state index in [2.05, 4.69) is 13.2 Å². The molecule has 14 heavy (non-hydrogen) atoms. The Morgan fingerprint density at radius 3 is 2.29 bits per heavy atom. The van der Waals surface area contributed by atoms with Gasteiger partial charge in [0.05, 0.1) is 17.7 Å². The standard InChI is InChI=1S/C11H19BO2/c1-7-9(2)12-8-13-10(3,4)11(5,6)14-12/h7H,1-2,8H2,3-6H3. The molecular weight excluding hydrogens is 175 g/mol. The number of allylic oxidation sites excluding steroid dienone is 2. The van der Waals surface area contributed by atoms with Crippen LogP contribution < -0.4 is 0 Å². The molecular formula is C11H19BO2. The van der Waals surface area contributed by atoms with Crippen LogP contribution in [0.25, 0.3) is 0 Å². The molecule has 3 heteroatoms. The summed E-state index contributed by atoms with van der Waals surface area (Å²) in [6, 6.07) is 0. The van der Waals surface area contributed by atoms with E-state index in [4.69, 9.17) is 9.39 Å². The second kappa shape index (κ2) is 3.56. The maximum Gasteiger partial charge on any atom is 0.353 e. The topological polar surface area (TPSA) is 18.5 Å². The fourth-order valence-corrected chi connectivity index (χ4v) is 1.30. The van der Waals surface area contributed by atoms with E-state index in [1.54, 1.807) is 6.08 Å². The minimum absolute atomic E-state index is 0.0597. The maximum absolute atomic E-state index is 5.95. The van der Waals surface area contributed by atoms with Gasteiger partial charge in [0.25, 0.3) is 0 Å². The highest BCUT2D eigenvalue weighted by molar-refractivity contribution is 6.61. The fourth-order valence-electron chi connectivity index (χ4n) is 1.30. The van der Waals surface area contributed by atoms with Crippen molar-refractivity contribution in [2.24, 2.45) is 0 Å². The predicted octanol–water partition coefficient (Wildman–Crippen LogP) is 2.40. The van der Waals surface area contributed by atoms with Crippen LogP contribution in [0.1, 0.15) is 27.7 Å². The number of hydrogen-bond acceptors (Lipinski definition) is 2. The van der Waals surface area contributed by atoms with Crippen molar-refractivity contribution in [2.75, 3.05) is 6.51 Å². The summed E-state index contributed by atoms with van der Waals surface area (Å²) < 4.78 is 11.7. The highest BCUT2D eigenvalue weighted by Gasteiger charge is 2.46. The van der Waals surface area contributed by atoms with Gasteiger partial charge in [-0.2, -0.15) is 0 Å². The van der Waals surface area contributed by atoms with E-state index >= 15 is 0 Å². The lowest BCUT2D eigenvalue weighted by Gasteiger charge is -2.47. The largest absolute Gasteiger partial charge is 0.421 e. The van der Waals surface area contributed by atoms with Crippen LogP contribution in [0.3, 0.4) is 0 Å². The van der Waals surface area contributed by atoms with Crippen LogP contribution in [0.15, 0.2) is 24.7 Å². The first-order valence-corrected chi connectivity index (χ1v) is 4.93. The molecule has 0 aromatic carbocycles. The smallest absolute Gasteiger partial charge is 0.353 e. The quantitative estimate of drug-likeness (QED) is 0.496. The third-order valence-corrected chi connectivity index (χ3v) is 3.16. The fraction of sp³-hybridized carbons (Fsp3) is 0.636. The van der Waals surface area contributed by atoms with Crippen LogP contribution in [0.5, 0.6) is 0 Å². The number of ether oxygens (including phenoxy) is 1. The molecule has 0 aromatic rings. The summed E-state index contributed by atoms with van der Waals surface area (Å²) in [6.45, 7) is 16.2. The van der Waals surface area contributed by atoms with Gasteiger partial charge >= 0.3 is 6.92 Å². The summed E-state index contributed by atoms with van der Waals surface area (Å²) in [5.74, 6) is 0. The molecule has 1 saturated heterocycles. The molecule has 1 rings (SSSR count). The molecule has 0 radical (unpaired) electrons. The zero-order valence-electron chi connectivity index (χ0n) is 9.59. The molecule has 0 unspecified atom stereocenters. The normalized spacial score (nSPS) is 24.4. The summed E-state index contributed by atoms with van der Waals surface area (Å²) in [4.78, 5) is 0. The zero-order chi connectivity index (χ0) is 11.0. The summed E-state index contributed by atoms with van der Waals surface area (Å²) in [6.07, 6.45) is 1.72. The lowest BCUT2D eigenvalue weighted by atomic mass is 9.59. The van der Waals surface area contributed by atoms with Crippen LogP contribution in [0.2, 0.25) is 0 Å². The second-order valence-electron chi connectivity index (χ2n) is 4.72. The van der Waals surface area contributed by atoms with E-state index in [1.807, 2.05) is 27.7 Å². The van der Waals surface area contributed by atoms with Crippen molar-refractivity contribution in [2.45, 2.75) is 38.9 Å². The molecule has 0 aromatic heterocycles. The highest BCUT2D eigenvalue weighted by atomic mass is 16.6. The SMILES string of the molecule is C=CC(=C)B1COC(C)(C)C(C)(C)O1. The Hall–Kier alpha value is -0.535. The van der Waals surface area contributed by atoms with Crippen molar-refractivity contribution in [3.63, 3.8) is 0 Å². The summed E-state index contributed by atoms with van der Waals surface area (Å²) in [7, 11) is 0. The second-order valence-corrected chi connectivity index (χ2v) is 4.72. The minimum Gasteiger partial charge on any atom is -0.421 e. The Labute approximate surface area is 87.1 Å². The van der Waals surface area contributed by atoms with Crippen LogP contribution >= 0.6 is 0 Å². The van der Waals surface area contributed by atoms with E-state index in [-0.39, 0.29) is 18.1 Å².